The summed E-state index contributed by atoms with van der Waals surface area (Å²) in [6.45, 7) is 2.83. The molecule has 0 bridgehead atoms. The minimum absolute atomic E-state index is 0.201. The van der Waals surface area contributed by atoms with Crippen LogP contribution >= 0.6 is 0 Å². The van der Waals surface area contributed by atoms with E-state index in [1.54, 1.807) is 11.4 Å². The average Bonchev–Trinajstić information content (AvgIpc) is 2.61. The molecule has 0 saturated heterocycles. The summed E-state index contributed by atoms with van der Waals surface area (Å²) in [6, 6.07) is 0. The molecule has 1 aliphatic rings. The molecule has 6 nitrogen and oxygen atoms in total. The number of nitrogens with zero attached hydrogens (tertiary/aromatic N) is 3. The number of sulfonamides is 1. The second-order valence-electron chi connectivity index (χ2n) is 4.52. The van der Waals surface area contributed by atoms with Gasteiger partial charge in [-0.05, 0) is 12.8 Å². The highest BCUT2D eigenvalue weighted by Gasteiger charge is 2.26. The highest BCUT2D eigenvalue weighted by Crippen LogP contribution is 2.22. The predicted octanol–water partition coefficient (Wildman–Crippen LogP) is 0.626. The van der Waals surface area contributed by atoms with Crippen LogP contribution in [0.15, 0.2) is 6.33 Å². The van der Waals surface area contributed by atoms with Crippen LogP contribution in [0.2, 0.25) is 0 Å². The second-order valence-corrected chi connectivity index (χ2v) is 6.61. The van der Waals surface area contributed by atoms with Crippen LogP contribution in [-0.4, -0.2) is 48.6 Å². The Kier molecular flexibility index (Phi) is 4.36. The van der Waals surface area contributed by atoms with Crippen LogP contribution < -0.4 is 4.74 Å². The number of hydrogen-bond acceptors (Lipinski definition) is 5. The first-order chi connectivity index (χ1) is 9.08. The van der Waals surface area contributed by atoms with E-state index in [1.165, 1.54) is 6.33 Å². The van der Waals surface area contributed by atoms with Gasteiger partial charge in [0, 0.05) is 25.1 Å². The predicted molar refractivity (Wildman–Crippen MR) is 71.6 cm³/mol. The fraction of sp³-hybridized carbons (Fsp3) is 0.667. The molecule has 0 radical (unpaired) electrons. The monoisotopic (exact) mass is 285 g/mol. The normalized spacial score (nSPS) is 16.7. The van der Waals surface area contributed by atoms with Crippen LogP contribution in [0.1, 0.15) is 24.6 Å². The maximum atomic E-state index is 12.1. The van der Waals surface area contributed by atoms with E-state index in [1.807, 2.05) is 6.92 Å². The molecule has 0 saturated carbocycles. The zero-order valence-corrected chi connectivity index (χ0v) is 12.1. The van der Waals surface area contributed by atoms with Gasteiger partial charge in [0.1, 0.15) is 6.33 Å². The number of aromatic nitrogens is 2. The van der Waals surface area contributed by atoms with E-state index in [4.69, 9.17) is 4.74 Å². The Labute approximate surface area is 113 Å². The molecule has 0 spiro atoms. The highest BCUT2D eigenvalue weighted by atomic mass is 32.2. The first kappa shape index (κ1) is 14.2. The molecule has 0 N–H and O–H groups in total. The Hall–Kier alpha value is -1.21. The number of methoxy groups -OCH3 is 1. The van der Waals surface area contributed by atoms with Gasteiger partial charge in [0.25, 0.3) is 0 Å². The van der Waals surface area contributed by atoms with Gasteiger partial charge in [0.15, 0.2) is 0 Å². The minimum Gasteiger partial charge on any atom is -0.481 e. The van der Waals surface area contributed by atoms with E-state index in [2.05, 4.69) is 9.97 Å². The first-order valence-electron chi connectivity index (χ1n) is 6.43. The summed E-state index contributed by atoms with van der Waals surface area (Å²) in [4.78, 5) is 8.31. The Bertz CT molecular complexity index is 545. The third-order valence-corrected chi connectivity index (χ3v) is 5.33. The Morgan fingerprint density at radius 3 is 2.74 bits per heavy atom. The Balaban J connectivity index is 2.22. The summed E-state index contributed by atoms with van der Waals surface area (Å²) < 4.78 is 31.0. The van der Waals surface area contributed by atoms with Gasteiger partial charge >= 0.3 is 0 Å². The standard InChI is InChI=1S/C12H19N3O3S/c1-3-8-19(16,17)15-6-4-10-11(5-7-15)13-9-14-12(10)18-2/h9H,3-8H2,1-2H3. The van der Waals surface area contributed by atoms with Crippen molar-refractivity contribution in [3.8, 4) is 5.88 Å². The van der Waals surface area contributed by atoms with Crippen LogP contribution in [-0.2, 0) is 22.9 Å². The number of rotatable bonds is 4. The van der Waals surface area contributed by atoms with Crippen LogP contribution in [0.25, 0.3) is 0 Å². The average molecular weight is 285 g/mol. The van der Waals surface area contributed by atoms with Crippen molar-refractivity contribution in [2.75, 3.05) is 26.0 Å². The lowest BCUT2D eigenvalue weighted by molar-refractivity contribution is 0.388. The molecule has 0 amide bonds. The van der Waals surface area contributed by atoms with Gasteiger partial charge in [0.2, 0.25) is 15.9 Å². The Morgan fingerprint density at radius 2 is 2.05 bits per heavy atom. The van der Waals surface area contributed by atoms with Crippen LogP contribution in [0.4, 0.5) is 0 Å². The number of fused-ring (bicyclic) bond motifs is 1. The molecule has 0 atom stereocenters. The fourth-order valence-electron chi connectivity index (χ4n) is 2.32. The lowest BCUT2D eigenvalue weighted by Gasteiger charge is -2.19. The molecule has 0 unspecified atom stereocenters. The highest BCUT2D eigenvalue weighted by molar-refractivity contribution is 7.89. The summed E-state index contributed by atoms with van der Waals surface area (Å²) in [5.41, 5.74) is 1.82. The molecule has 2 heterocycles. The quantitative estimate of drug-likeness (QED) is 0.811. The minimum atomic E-state index is -3.15. The molecule has 1 aliphatic heterocycles. The lowest BCUT2D eigenvalue weighted by Crippen LogP contribution is -2.35. The molecule has 0 aliphatic carbocycles. The molecule has 0 aromatic carbocycles. The van der Waals surface area contributed by atoms with Crippen molar-refractivity contribution < 1.29 is 13.2 Å². The van der Waals surface area contributed by atoms with E-state index in [0.29, 0.717) is 38.2 Å². The smallest absolute Gasteiger partial charge is 0.219 e. The van der Waals surface area contributed by atoms with E-state index in [-0.39, 0.29) is 5.75 Å². The Morgan fingerprint density at radius 1 is 1.32 bits per heavy atom. The van der Waals surface area contributed by atoms with Crippen molar-refractivity contribution in [2.24, 2.45) is 0 Å². The maximum absolute atomic E-state index is 12.1. The number of ether oxygens (including phenoxy) is 1. The number of hydrogen-bond donors (Lipinski definition) is 0. The summed E-state index contributed by atoms with van der Waals surface area (Å²) in [5, 5.41) is 0. The zero-order valence-electron chi connectivity index (χ0n) is 11.3. The molecular formula is C12H19N3O3S. The molecule has 2 rings (SSSR count). The summed E-state index contributed by atoms with van der Waals surface area (Å²) >= 11 is 0. The van der Waals surface area contributed by atoms with Gasteiger partial charge in [-0.25, -0.2) is 22.7 Å². The van der Waals surface area contributed by atoms with Crippen LogP contribution in [0.5, 0.6) is 5.88 Å². The van der Waals surface area contributed by atoms with Gasteiger partial charge in [0.05, 0.1) is 18.6 Å². The van der Waals surface area contributed by atoms with E-state index < -0.39 is 10.0 Å². The summed E-state index contributed by atoms with van der Waals surface area (Å²) in [6.07, 6.45) is 3.31. The second kappa shape index (κ2) is 5.83. The summed E-state index contributed by atoms with van der Waals surface area (Å²) in [5.74, 6) is 0.756. The molecule has 7 heteroatoms. The van der Waals surface area contributed by atoms with Gasteiger partial charge in [-0.2, -0.15) is 0 Å². The topological polar surface area (TPSA) is 72.4 Å². The molecule has 106 valence electrons. The van der Waals surface area contributed by atoms with Gasteiger partial charge in [-0.15, -0.1) is 0 Å². The van der Waals surface area contributed by atoms with Crippen molar-refractivity contribution >= 4 is 10.0 Å². The lowest BCUT2D eigenvalue weighted by atomic mass is 10.1. The van der Waals surface area contributed by atoms with E-state index in [0.717, 1.165) is 11.3 Å². The van der Waals surface area contributed by atoms with Crippen molar-refractivity contribution in [1.29, 1.82) is 0 Å². The third-order valence-electron chi connectivity index (χ3n) is 3.25. The molecule has 0 fully saturated rings. The largest absolute Gasteiger partial charge is 0.481 e. The van der Waals surface area contributed by atoms with Gasteiger partial charge in [-0.1, -0.05) is 6.92 Å². The van der Waals surface area contributed by atoms with Crippen molar-refractivity contribution in [1.82, 2.24) is 14.3 Å². The molecular weight excluding hydrogens is 266 g/mol. The summed E-state index contributed by atoms with van der Waals surface area (Å²) in [7, 11) is -1.58. The zero-order chi connectivity index (χ0) is 13.9. The van der Waals surface area contributed by atoms with E-state index >= 15 is 0 Å². The fourth-order valence-corrected chi connectivity index (χ4v) is 3.83. The third kappa shape index (κ3) is 3.03. The van der Waals surface area contributed by atoms with Crippen molar-refractivity contribution in [3.05, 3.63) is 17.6 Å². The van der Waals surface area contributed by atoms with Crippen LogP contribution in [0.3, 0.4) is 0 Å². The van der Waals surface area contributed by atoms with E-state index in [9.17, 15) is 8.42 Å². The first-order valence-corrected chi connectivity index (χ1v) is 8.04. The molecule has 1 aromatic heterocycles. The molecule has 19 heavy (non-hydrogen) atoms. The van der Waals surface area contributed by atoms with Crippen LogP contribution in [0, 0.1) is 0 Å². The van der Waals surface area contributed by atoms with Gasteiger partial charge < -0.3 is 4.74 Å². The van der Waals surface area contributed by atoms with Crippen molar-refractivity contribution in [3.63, 3.8) is 0 Å². The van der Waals surface area contributed by atoms with Gasteiger partial charge in [-0.3, -0.25) is 0 Å². The SMILES string of the molecule is CCCS(=O)(=O)N1CCc2ncnc(OC)c2CC1. The molecule has 1 aromatic rings. The van der Waals surface area contributed by atoms with Crippen molar-refractivity contribution in [2.45, 2.75) is 26.2 Å². The maximum Gasteiger partial charge on any atom is 0.219 e.